The van der Waals surface area contributed by atoms with Gasteiger partial charge in [0.1, 0.15) is 17.4 Å². The molecule has 1 aliphatic carbocycles. The van der Waals surface area contributed by atoms with Crippen molar-refractivity contribution in [3.05, 3.63) is 35.4 Å². The van der Waals surface area contributed by atoms with Crippen molar-refractivity contribution in [3.8, 4) is 0 Å². The Kier molecular flexibility index (Phi) is 3.03. The first-order valence-corrected chi connectivity index (χ1v) is 5.54. The third kappa shape index (κ3) is 2.13. The van der Waals surface area contributed by atoms with Crippen molar-refractivity contribution in [3.63, 3.8) is 0 Å². The lowest BCUT2D eigenvalue weighted by Gasteiger charge is -2.14. The summed E-state index contributed by atoms with van der Waals surface area (Å²) in [6.07, 6.45) is 1.81. The van der Waals surface area contributed by atoms with Crippen LogP contribution in [0.15, 0.2) is 18.2 Å². The van der Waals surface area contributed by atoms with Crippen molar-refractivity contribution in [1.82, 2.24) is 0 Å². The van der Waals surface area contributed by atoms with Crippen molar-refractivity contribution >= 4 is 5.78 Å². The number of hydrogen-bond acceptors (Lipinski definition) is 1. The highest BCUT2D eigenvalue weighted by Gasteiger charge is 2.31. The lowest BCUT2D eigenvalue weighted by atomic mass is 9.90. The van der Waals surface area contributed by atoms with Gasteiger partial charge in [-0.1, -0.05) is 6.92 Å². The molecule has 2 rings (SSSR count). The standard InChI is InChI=1S/C13H14F2O/c1-8-9(2-5-13(8)16)6-10-7-11(14)3-4-12(10)15/h3-4,7-9H,2,5-6H2,1H3. The molecule has 3 heteroatoms. The topological polar surface area (TPSA) is 17.1 Å². The molecule has 0 aliphatic heterocycles. The zero-order chi connectivity index (χ0) is 11.7. The van der Waals surface area contributed by atoms with Crippen LogP contribution in [0.5, 0.6) is 0 Å². The van der Waals surface area contributed by atoms with Crippen molar-refractivity contribution < 1.29 is 13.6 Å². The van der Waals surface area contributed by atoms with Crippen molar-refractivity contribution in [2.24, 2.45) is 11.8 Å². The molecule has 86 valence electrons. The zero-order valence-electron chi connectivity index (χ0n) is 9.17. The van der Waals surface area contributed by atoms with Crippen LogP contribution in [0.2, 0.25) is 0 Å². The van der Waals surface area contributed by atoms with Gasteiger partial charge in [-0.3, -0.25) is 4.79 Å². The molecule has 0 bridgehead atoms. The number of ketones is 1. The highest BCUT2D eigenvalue weighted by molar-refractivity contribution is 5.83. The summed E-state index contributed by atoms with van der Waals surface area (Å²) >= 11 is 0. The first-order valence-electron chi connectivity index (χ1n) is 5.54. The van der Waals surface area contributed by atoms with Gasteiger partial charge in [0, 0.05) is 12.3 Å². The Hall–Kier alpha value is -1.25. The molecular formula is C13H14F2O. The summed E-state index contributed by atoms with van der Waals surface area (Å²) in [4.78, 5) is 11.4. The molecule has 1 nitrogen and oxygen atoms in total. The second kappa shape index (κ2) is 4.32. The number of carbonyl (C=O) groups excluding carboxylic acids is 1. The van der Waals surface area contributed by atoms with Gasteiger partial charge in [-0.15, -0.1) is 0 Å². The third-order valence-corrected chi connectivity index (χ3v) is 3.47. The number of hydrogen-bond donors (Lipinski definition) is 0. The van der Waals surface area contributed by atoms with Crippen LogP contribution in [0.3, 0.4) is 0 Å². The average molecular weight is 224 g/mol. The number of halogens is 2. The Morgan fingerprint density at radius 3 is 2.75 bits per heavy atom. The third-order valence-electron chi connectivity index (χ3n) is 3.47. The van der Waals surface area contributed by atoms with Gasteiger partial charge in [-0.05, 0) is 42.5 Å². The van der Waals surface area contributed by atoms with Crippen molar-refractivity contribution in [2.75, 3.05) is 0 Å². The lowest BCUT2D eigenvalue weighted by molar-refractivity contribution is -0.120. The van der Waals surface area contributed by atoms with Crippen LogP contribution in [0, 0.1) is 23.5 Å². The quantitative estimate of drug-likeness (QED) is 0.754. The second-order valence-electron chi connectivity index (χ2n) is 4.49. The lowest BCUT2D eigenvalue weighted by Crippen LogP contribution is -2.13. The van der Waals surface area contributed by atoms with Crippen LogP contribution in [-0.4, -0.2) is 5.78 Å². The van der Waals surface area contributed by atoms with Gasteiger partial charge in [-0.25, -0.2) is 8.78 Å². The molecule has 1 aromatic rings. The van der Waals surface area contributed by atoms with E-state index in [0.717, 1.165) is 18.6 Å². The predicted molar refractivity (Wildman–Crippen MR) is 57.0 cm³/mol. The normalized spacial score (nSPS) is 25.1. The Morgan fingerprint density at radius 2 is 2.12 bits per heavy atom. The summed E-state index contributed by atoms with van der Waals surface area (Å²) in [6.45, 7) is 1.87. The van der Waals surface area contributed by atoms with Gasteiger partial charge >= 0.3 is 0 Å². The Morgan fingerprint density at radius 1 is 1.38 bits per heavy atom. The van der Waals surface area contributed by atoms with Gasteiger partial charge in [-0.2, -0.15) is 0 Å². The van der Waals surface area contributed by atoms with E-state index in [0.29, 0.717) is 18.4 Å². The maximum atomic E-state index is 13.4. The largest absolute Gasteiger partial charge is 0.299 e. The van der Waals surface area contributed by atoms with E-state index in [9.17, 15) is 13.6 Å². The molecule has 0 N–H and O–H groups in total. The molecule has 16 heavy (non-hydrogen) atoms. The average Bonchev–Trinajstić information content (AvgIpc) is 2.55. The van der Waals surface area contributed by atoms with Crippen molar-refractivity contribution in [1.29, 1.82) is 0 Å². The van der Waals surface area contributed by atoms with Gasteiger partial charge in [0.15, 0.2) is 0 Å². The number of benzene rings is 1. The van der Waals surface area contributed by atoms with Crippen LogP contribution in [0.25, 0.3) is 0 Å². The summed E-state index contributed by atoms with van der Waals surface area (Å²) in [6, 6.07) is 3.49. The maximum Gasteiger partial charge on any atom is 0.135 e. The van der Waals surface area contributed by atoms with Crippen LogP contribution in [0.1, 0.15) is 25.3 Å². The van der Waals surface area contributed by atoms with Crippen LogP contribution < -0.4 is 0 Å². The molecule has 0 aromatic heterocycles. The molecule has 1 saturated carbocycles. The van der Waals surface area contributed by atoms with Crippen LogP contribution in [0.4, 0.5) is 8.78 Å². The van der Waals surface area contributed by atoms with E-state index in [2.05, 4.69) is 0 Å². The minimum Gasteiger partial charge on any atom is -0.299 e. The molecule has 2 unspecified atom stereocenters. The van der Waals surface area contributed by atoms with Crippen LogP contribution >= 0.6 is 0 Å². The summed E-state index contributed by atoms with van der Waals surface area (Å²) in [5.41, 5.74) is 0.381. The number of rotatable bonds is 2. The van der Waals surface area contributed by atoms with E-state index >= 15 is 0 Å². The molecular weight excluding hydrogens is 210 g/mol. The molecule has 1 aliphatic rings. The monoisotopic (exact) mass is 224 g/mol. The summed E-state index contributed by atoms with van der Waals surface area (Å²) in [5, 5.41) is 0. The van der Waals surface area contributed by atoms with Gasteiger partial charge in [0.05, 0.1) is 0 Å². The summed E-state index contributed by atoms with van der Waals surface area (Å²) in [7, 11) is 0. The molecule has 0 saturated heterocycles. The van der Waals surface area contributed by atoms with E-state index in [1.807, 2.05) is 6.92 Å². The minimum atomic E-state index is -0.423. The van der Waals surface area contributed by atoms with Gasteiger partial charge in [0.25, 0.3) is 0 Å². The van der Waals surface area contributed by atoms with Crippen molar-refractivity contribution in [2.45, 2.75) is 26.2 Å². The number of carbonyl (C=O) groups is 1. The fourth-order valence-corrected chi connectivity index (χ4v) is 2.33. The molecule has 0 heterocycles. The van der Waals surface area contributed by atoms with Gasteiger partial charge in [0.2, 0.25) is 0 Å². The highest BCUT2D eigenvalue weighted by atomic mass is 19.1. The molecule has 2 atom stereocenters. The first-order chi connectivity index (χ1) is 7.58. The Balaban J connectivity index is 2.15. The Labute approximate surface area is 93.5 Å². The zero-order valence-corrected chi connectivity index (χ0v) is 9.17. The molecule has 0 spiro atoms. The molecule has 0 radical (unpaired) electrons. The first kappa shape index (κ1) is 11.2. The van der Waals surface area contributed by atoms with E-state index in [4.69, 9.17) is 0 Å². The highest BCUT2D eigenvalue weighted by Crippen LogP contribution is 2.31. The maximum absolute atomic E-state index is 13.4. The van der Waals surface area contributed by atoms with E-state index in [-0.39, 0.29) is 23.4 Å². The van der Waals surface area contributed by atoms with E-state index in [1.165, 1.54) is 6.07 Å². The fraction of sp³-hybridized carbons (Fsp3) is 0.462. The fourth-order valence-electron chi connectivity index (χ4n) is 2.33. The van der Waals surface area contributed by atoms with E-state index < -0.39 is 5.82 Å². The molecule has 0 amide bonds. The SMILES string of the molecule is CC1C(=O)CCC1Cc1cc(F)ccc1F. The smallest absolute Gasteiger partial charge is 0.135 e. The predicted octanol–water partition coefficient (Wildman–Crippen LogP) is 3.12. The van der Waals surface area contributed by atoms with Gasteiger partial charge < -0.3 is 0 Å². The summed E-state index contributed by atoms with van der Waals surface area (Å²) < 4.78 is 26.4. The number of Topliss-reactive ketones (excluding diaryl/α,β-unsaturated/α-hetero) is 1. The minimum absolute atomic E-state index is 0.0253. The molecule has 1 fully saturated rings. The van der Waals surface area contributed by atoms with Crippen LogP contribution in [-0.2, 0) is 11.2 Å². The second-order valence-corrected chi connectivity index (χ2v) is 4.49. The molecule has 1 aromatic carbocycles. The summed E-state index contributed by atoms with van der Waals surface area (Å²) in [5.74, 6) is -0.436. The Bertz CT molecular complexity index is 414. The van der Waals surface area contributed by atoms with E-state index in [1.54, 1.807) is 0 Å².